The van der Waals surface area contributed by atoms with Crippen LogP contribution < -0.4 is 10.5 Å². The van der Waals surface area contributed by atoms with Crippen molar-refractivity contribution in [2.24, 2.45) is 5.73 Å². The van der Waals surface area contributed by atoms with Crippen LogP contribution in [0, 0.1) is 12.3 Å². The molecule has 20 heavy (non-hydrogen) atoms. The van der Waals surface area contributed by atoms with E-state index in [9.17, 15) is 0 Å². The highest BCUT2D eigenvalue weighted by atomic mass is 16.5. The first-order valence-electron chi connectivity index (χ1n) is 6.69. The summed E-state index contributed by atoms with van der Waals surface area (Å²) >= 11 is 0. The molecule has 0 amide bonds. The van der Waals surface area contributed by atoms with E-state index in [1.54, 1.807) is 6.07 Å². The van der Waals surface area contributed by atoms with Crippen molar-refractivity contribution < 1.29 is 4.74 Å². The van der Waals surface area contributed by atoms with Crippen LogP contribution in [-0.2, 0) is 6.42 Å². The fourth-order valence-corrected chi connectivity index (χ4v) is 1.94. The standard InChI is InChI=1S/C16H19N3O/c1-3-4-12-6-8-13(9-7-12)20-16-14(15(17)18)10-5-11(2)19-16/h5-10H,3-4H2,1-2H3,(H3,17,18). The second kappa shape index (κ2) is 6.19. The van der Waals surface area contributed by atoms with Crippen molar-refractivity contribution in [1.82, 2.24) is 4.98 Å². The van der Waals surface area contributed by atoms with Crippen molar-refractivity contribution in [2.45, 2.75) is 26.7 Å². The summed E-state index contributed by atoms with van der Waals surface area (Å²) < 4.78 is 5.75. The predicted molar refractivity (Wildman–Crippen MR) is 80.5 cm³/mol. The normalized spacial score (nSPS) is 10.3. The third-order valence-corrected chi connectivity index (χ3v) is 2.97. The molecule has 0 saturated heterocycles. The van der Waals surface area contributed by atoms with E-state index in [4.69, 9.17) is 15.9 Å². The summed E-state index contributed by atoms with van der Waals surface area (Å²) in [6, 6.07) is 11.5. The summed E-state index contributed by atoms with van der Waals surface area (Å²) in [5.41, 5.74) is 8.16. The average molecular weight is 269 g/mol. The van der Waals surface area contributed by atoms with E-state index in [1.807, 2.05) is 37.3 Å². The summed E-state index contributed by atoms with van der Waals surface area (Å²) in [7, 11) is 0. The fraction of sp³-hybridized carbons (Fsp3) is 0.250. The molecule has 104 valence electrons. The van der Waals surface area contributed by atoms with Gasteiger partial charge in [-0.05, 0) is 43.2 Å². The molecule has 0 atom stereocenters. The molecule has 0 unspecified atom stereocenters. The highest BCUT2D eigenvalue weighted by molar-refractivity contribution is 5.97. The van der Waals surface area contributed by atoms with Crippen molar-refractivity contribution in [3.63, 3.8) is 0 Å². The minimum absolute atomic E-state index is 0.0462. The van der Waals surface area contributed by atoms with E-state index in [0.29, 0.717) is 17.2 Å². The average Bonchev–Trinajstić information content (AvgIpc) is 2.41. The largest absolute Gasteiger partial charge is 0.438 e. The molecule has 0 radical (unpaired) electrons. The van der Waals surface area contributed by atoms with Gasteiger partial charge in [0, 0.05) is 5.69 Å². The van der Waals surface area contributed by atoms with Crippen LogP contribution in [0.3, 0.4) is 0 Å². The number of benzene rings is 1. The number of amidine groups is 1. The molecule has 0 bridgehead atoms. The van der Waals surface area contributed by atoms with Crippen molar-refractivity contribution in [2.75, 3.05) is 0 Å². The van der Waals surface area contributed by atoms with E-state index in [0.717, 1.165) is 18.5 Å². The Morgan fingerprint density at radius 2 is 1.90 bits per heavy atom. The van der Waals surface area contributed by atoms with Gasteiger partial charge in [0.1, 0.15) is 11.6 Å². The van der Waals surface area contributed by atoms with Crippen LogP contribution in [0.4, 0.5) is 0 Å². The van der Waals surface area contributed by atoms with Gasteiger partial charge in [0.25, 0.3) is 0 Å². The van der Waals surface area contributed by atoms with Gasteiger partial charge < -0.3 is 10.5 Å². The van der Waals surface area contributed by atoms with Crippen LogP contribution in [0.5, 0.6) is 11.6 Å². The Hall–Kier alpha value is -2.36. The van der Waals surface area contributed by atoms with Gasteiger partial charge in [0.15, 0.2) is 0 Å². The number of nitrogens with one attached hydrogen (secondary N) is 1. The predicted octanol–water partition coefficient (Wildman–Crippen LogP) is 3.42. The third kappa shape index (κ3) is 3.35. The number of ether oxygens (including phenoxy) is 1. The Morgan fingerprint density at radius 1 is 1.20 bits per heavy atom. The third-order valence-electron chi connectivity index (χ3n) is 2.97. The van der Waals surface area contributed by atoms with Crippen LogP contribution in [0.25, 0.3) is 0 Å². The van der Waals surface area contributed by atoms with Gasteiger partial charge in [-0.15, -0.1) is 0 Å². The van der Waals surface area contributed by atoms with E-state index < -0.39 is 0 Å². The Balaban J connectivity index is 2.25. The molecule has 1 aromatic carbocycles. The van der Waals surface area contributed by atoms with Crippen LogP contribution in [0.1, 0.15) is 30.2 Å². The van der Waals surface area contributed by atoms with Gasteiger partial charge in [0.05, 0.1) is 5.56 Å². The fourth-order valence-electron chi connectivity index (χ4n) is 1.94. The molecule has 0 saturated carbocycles. The molecule has 4 nitrogen and oxygen atoms in total. The topological polar surface area (TPSA) is 72.0 Å². The molecule has 0 aliphatic heterocycles. The molecule has 0 fully saturated rings. The first-order valence-corrected chi connectivity index (χ1v) is 6.69. The maximum atomic E-state index is 7.56. The number of nitrogen functional groups attached to an aromatic ring is 1. The second-order valence-corrected chi connectivity index (χ2v) is 4.72. The number of aryl methyl sites for hydroxylation is 2. The quantitative estimate of drug-likeness (QED) is 0.645. The van der Waals surface area contributed by atoms with Gasteiger partial charge in [0.2, 0.25) is 5.88 Å². The number of nitrogens with zero attached hydrogens (tertiary/aromatic N) is 1. The number of aromatic nitrogens is 1. The zero-order valence-corrected chi connectivity index (χ0v) is 11.8. The van der Waals surface area contributed by atoms with Gasteiger partial charge in [-0.25, -0.2) is 4.98 Å². The molecule has 0 aliphatic rings. The van der Waals surface area contributed by atoms with Crippen LogP contribution >= 0.6 is 0 Å². The molecule has 1 aromatic heterocycles. The highest BCUT2D eigenvalue weighted by Crippen LogP contribution is 2.24. The van der Waals surface area contributed by atoms with Crippen molar-refractivity contribution >= 4 is 5.84 Å². The number of pyridine rings is 1. The van der Waals surface area contributed by atoms with E-state index >= 15 is 0 Å². The van der Waals surface area contributed by atoms with Crippen molar-refractivity contribution in [3.05, 3.63) is 53.2 Å². The zero-order chi connectivity index (χ0) is 14.5. The Kier molecular flexibility index (Phi) is 4.35. The SMILES string of the molecule is CCCc1ccc(Oc2nc(C)ccc2C(=N)N)cc1. The maximum absolute atomic E-state index is 7.56. The Morgan fingerprint density at radius 3 is 2.50 bits per heavy atom. The number of rotatable bonds is 5. The van der Waals surface area contributed by atoms with Crippen molar-refractivity contribution in [3.8, 4) is 11.6 Å². The highest BCUT2D eigenvalue weighted by Gasteiger charge is 2.09. The lowest BCUT2D eigenvalue weighted by Gasteiger charge is -2.10. The molecular weight excluding hydrogens is 250 g/mol. The summed E-state index contributed by atoms with van der Waals surface area (Å²) in [5, 5.41) is 7.56. The van der Waals surface area contributed by atoms with Gasteiger partial charge in [-0.1, -0.05) is 25.5 Å². The lowest BCUT2D eigenvalue weighted by Crippen LogP contribution is -2.13. The molecule has 2 aromatic rings. The van der Waals surface area contributed by atoms with Crippen LogP contribution in [-0.4, -0.2) is 10.8 Å². The maximum Gasteiger partial charge on any atom is 0.230 e. The lowest BCUT2D eigenvalue weighted by atomic mass is 10.1. The number of hydrogen-bond donors (Lipinski definition) is 2. The summed E-state index contributed by atoms with van der Waals surface area (Å²) in [5.74, 6) is 1.03. The molecule has 3 N–H and O–H groups in total. The molecule has 4 heteroatoms. The summed E-state index contributed by atoms with van der Waals surface area (Å²) in [6.45, 7) is 4.03. The molecular formula is C16H19N3O. The molecule has 2 rings (SSSR count). The van der Waals surface area contributed by atoms with E-state index in [-0.39, 0.29) is 5.84 Å². The Bertz CT molecular complexity index is 606. The first kappa shape index (κ1) is 14.1. The van der Waals surface area contributed by atoms with Gasteiger partial charge in [-0.2, -0.15) is 0 Å². The minimum Gasteiger partial charge on any atom is -0.438 e. The monoisotopic (exact) mass is 269 g/mol. The number of hydrogen-bond acceptors (Lipinski definition) is 3. The smallest absolute Gasteiger partial charge is 0.230 e. The molecule has 0 aliphatic carbocycles. The van der Waals surface area contributed by atoms with Gasteiger partial charge in [-0.3, -0.25) is 5.41 Å². The minimum atomic E-state index is -0.0462. The van der Waals surface area contributed by atoms with Crippen LogP contribution in [0.2, 0.25) is 0 Å². The lowest BCUT2D eigenvalue weighted by molar-refractivity contribution is 0.460. The van der Waals surface area contributed by atoms with Gasteiger partial charge >= 0.3 is 0 Å². The van der Waals surface area contributed by atoms with E-state index in [2.05, 4.69) is 11.9 Å². The molecule has 1 heterocycles. The molecule has 0 spiro atoms. The number of nitrogens with two attached hydrogens (primary N) is 1. The van der Waals surface area contributed by atoms with Crippen LogP contribution in [0.15, 0.2) is 36.4 Å². The summed E-state index contributed by atoms with van der Waals surface area (Å²) in [4.78, 5) is 4.31. The zero-order valence-electron chi connectivity index (χ0n) is 11.8. The van der Waals surface area contributed by atoms with Crippen molar-refractivity contribution in [1.29, 1.82) is 5.41 Å². The summed E-state index contributed by atoms with van der Waals surface area (Å²) in [6.07, 6.45) is 2.18. The Labute approximate surface area is 119 Å². The first-order chi connectivity index (χ1) is 9.60. The van der Waals surface area contributed by atoms with E-state index in [1.165, 1.54) is 5.56 Å². The second-order valence-electron chi connectivity index (χ2n) is 4.72.